The molecule has 6 nitrogen and oxygen atoms in total. The normalized spacial score (nSPS) is 11.7. The van der Waals surface area contributed by atoms with Gasteiger partial charge in [0, 0.05) is 11.8 Å². The summed E-state index contributed by atoms with van der Waals surface area (Å²) in [6, 6.07) is 6.89. The van der Waals surface area contributed by atoms with E-state index in [1.807, 2.05) is 0 Å². The molecule has 2 aromatic carbocycles. The molecule has 0 heterocycles. The zero-order valence-corrected chi connectivity index (χ0v) is 16.0. The highest BCUT2D eigenvalue weighted by Crippen LogP contribution is 2.29. The van der Waals surface area contributed by atoms with Gasteiger partial charge in [0.05, 0.1) is 14.2 Å². The topological polar surface area (TPSA) is 76.7 Å². The van der Waals surface area contributed by atoms with Gasteiger partial charge in [-0.3, -0.25) is 9.59 Å². The van der Waals surface area contributed by atoms with Gasteiger partial charge < -0.3 is 20.1 Å². The van der Waals surface area contributed by atoms with Gasteiger partial charge in [-0.1, -0.05) is 19.9 Å². The minimum atomic E-state index is -1.01. The lowest BCUT2D eigenvalue weighted by atomic mass is 10.0. The van der Waals surface area contributed by atoms with Crippen LogP contribution >= 0.6 is 0 Å². The molecule has 2 N–H and O–H groups in total. The molecule has 2 aromatic rings. The van der Waals surface area contributed by atoms with Crippen molar-refractivity contribution in [3.8, 4) is 11.5 Å². The lowest BCUT2D eigenvalue weighted by Gasteiger charge is -2.22. The van der Waals surface area contributed by atoms with Crippen molar-refractivity contribution >= 4 is 17.5 Å². The van der Waals surface area contributed by atoms with Crippen molar-refractivity contribution in [3.63, 3.8) is 0 Å². The number of halogens is 2. The Balaban J connectivity index is 2.20. The van der Waals surface area contributed by atoms with Crippen molar-refractivity contribution in [1.29, 1.82) is 0 Å². The molecule has 0 spiro atoms. The van der Waals surface area contributed by atoms with Crippen molar-refractivity contribution in [3.05, 3.63) is 53.6 Å². The number of carbonyl (C=O) groups is 2. The molecular formula is C20H22F2N2O4. The van der Waals surface area contributed by atoms with E-state index in [9.17, 15) is 18.4 Å². The van der Waals surface area contributed by atoms with Gasteiger partial charge in [0.25, 0.3) is 5.91 Å². The molecule has 0 saturated heterocycles. The third-order valence-corrected chi connectivity index (χ3v) is 4.08. The minimum absolute atomic E-state index is 0.334. The second-order valence-electron chi connectivity index (χ2n) is 6.35. The average Bonchev–Trinajstić information content (AvgIpc) is 2.65. The molecule has 0 aliphatic carbocycles. The Bertz CT molecular complexity index is 851. The Labute approximate surface area is 161 Å². The molecule has 150 valence electrons. The predicted molar refractivity (Wildman–Crippen MR) is 101 cm³/mol. The molecule has 0 aliphatic heterocycles. The highest BCUT2D eigenvalue weighted by atomic mass is 19.1. The maximum atomic E-state index is 13.8. The van der Waals surface area contributed by atoms with Crippen LogP contribution in [0.25, 0.3) is 0 Å². The van der Waals surface area contributed by atoms with E-state index < -0.39 is 35.1 Å². The summed E-state index contributed by atoms with van der Waals surface area (Å²) >= 11 is 0. The number of hydrogen-bond acceptors (Lipinski definition) is 4. The quantitative estimate of drug-likeness (QED) is 0.758. The Morgan fingerprint density at radius 1 is 0.964 bits per heavy atom. The summed E-state index contributed by atoms with van der Waals surface area (Å²) < 4.78 is 38.0. The van der Waals surface area contributed by atoms with Crippen LogP contribution in [0.3, 0.4) is 0 Å². The standard InChI is InChI=1S/C20H22F2N2O4/c1-11(2)18(24-19(25)17-13(21)6-5-7-14(17)22)20(26)23-12-8-9-15(27-3)16(10-12)28-4/h5-11,18H,1-4H3,(H,23,26)(H,24,25)/t18-/m0/s1. The Morgan fingerprint density at radius 3 is 2.11 bits per heavy atom. The zero-order chi connectivity index (χ0) is 20.8. The Morgan fingerprint density at radius 2 is 1.57 bits per heavy atom. The van der Waals surface area contributed by atoms with E-state index >= 15 is 0 Å². The number of rotatable bonds is 7. The van der Waals surface area contributed by atoms with Gasteiger partial charge in [0.1, 0.15) is 23.2 Å². The van der Waals surface area contributed by atoms with Crippen LogP contribution in [0, 0.1) is 17.6 Å². The highest BCUT2D eigenvalue weighted by Gasteiger charge is 2.27. The first-order valence-electron chi connectivity index (χ1n) is 8.56. The summed E-state index contributed by atoms with van der Waals surface area (Å²) in [7, 11) is 2.95. The first kappa shape index (κ1) is 21.1. The van der Waals surface area contributed by atoms with Crippen LogP contribution in [-0.4, -0.2) is 32.1 Å². The largest absolute Gasteiger partial charge is 0.493 e. The van der Waals surface area contributed by atoms with E-state index in [4.69, 9.17) is 9.47 Å². The summed E-state index contributed by atoms with van der Waals surface area (Å²) in [5.74, 6) is -2.97. The summed E-state index contributed by atoms with van der Waals surface area (Å²) in [6.45, 7) is 3.41. The third-order valence-electron chi connectivity index (χ3n) is 4.08. The SMILES string of the molecule is COc1ccc(NC(=O)[C@@H](NC(=O)c2c(F)cccc2F)C(C)C)cc1OC. The summed E-state index contributed by atoms with van der Waals surface area (Å²) in [6.07, 6.45) is 0. The fourth-order valence-corrected chi connectivity index (χ4v) is 2.60. The van der Waals surface area contributed by atoms with E-state index in [2.05, 4.69) is 10.6 Å². The molecule has 2 amide bonds. The fourth-order valence-electron chi connectivity index (χ4n) is 2.60. The number of carbonyl (C=O) groups excluding carboxylic acids is 2. The number of benzene rings is 2. The Kier molecular flexibility index (Phi) is 6.92. The second kappa shape index (κ2) is 9.16. The fraction of sp³-hybridized carbons (Fsp3) is 0.300. The van der Waals surface area contributed by atoms with Gasteiger partial charge in [-0.2, -0.15) is 0 Å². The van der Waals surface area contributed by atoms with Crippen LogP contribution in [0.15, 0.2) is 36.4 Å². The summed E-state index contributed by atoms with van der Waals surface area (Å²) in [4.78, 5) is 25.0. The molecular weight excluding hydrogens is 370 g/mol. The number of ether oxygens (including phenoxy) is 2. The maximum Gasteiger partial charge on any atom is 0.257 e. The van der Waals surface area contributed by atoms with Crippen LogP contribution in [0.5, 0.6) is 11.5 Å². The lowest BCUT2D eigenvalue weighted by molar-refractivity contribution is -0.118. The predicted octanol–water partition coefficient (Wildman–Crippen LogP) is 3.38. The zero-order valence-electron chi connectivity index (χ0n) is 16.0. The highest BCUT2D eigenvalue weighted by molar-refractivity contribution is 6.01. The number of amides is 2. The molecule has 8 heteroatoms. The van der Waals surface area contributed by atoms with Crippen LogP contribution < -0.4 is 20.1 Å². The molecule has 0 saturated carbocycles. The second-order valence-corrected chi connectivity index (χ2v) is 6.35. The Hall–Kier alpha value is -3.16. The van der Waals surface area contributed by atoms with E-state index in [1.165, 1.54) is 14.2 Å². The molecule has 0 aliphatic rings. The molecule has 0 bridgehead atoms. The average molecular weight is 392 g/mol. The lowest BCUT2D eigenvalue weighted by Crippen LogP contribution is -2.47. The van der Waals surface area contributed by atoms with E-state index in [0.29, 0.717) is 17.2 Å². The van der Waals surface area contributed by atoms with Crippen molar-refractivity contribution in [2.75, 3.05) is 19.5 Å². The van der Waals surface area contributed by atoms with Gasteiger partial charge in [0.15, 0.2) is 11.5 Å². The molecule has 0 aromatic heterocycles. The molecule has 0 unspecified atom stereocenters. The number of methoxy groups -OCH3 is 2. The molecule has 1 atom stereocenters. The van der Waals surface area contributed by atoms with Gasteiger partial charge in [-0.25, -0.2) is 8.78 Å². The number of hydrogen-bond donors (Lipinski definition) is 2. The van der Waals surface area contributed by atoms with Crippen LogP contribution in [0.4, 0.5) is 14.5 Å². The van der Waals surface area contributed by atoms with Crippen LogP contribution in [-0.2, 0) is 4.79 Å². The van der Waals surface area contributed by atoms with Crippen molar-refractivity contribution in [1.82, 2.24) is 5.32 Å². The molecule has 0 radical (unpaired) electrons. The van der Waals surface area contributed by atoms with Crippen molar-refractivity contribution in [2.45, 2.75) is 19.9 Å². The maximum absolute atomic E-state index is 13.8. The summed E-state index contributed by atoms with van der Waals surface area (Å²) in [5, 5.41) is 5.06. The van der Waals surface area contributed by atoms with Gasteiger partial charge in [-0.05, 0) is 30.2 Å². The summed E-state index contributed by atoms with van der Waals surface area (Å²) in [5.41, 5.74) is -0.313. The molecule has 2 rings (SSSR count). The van der Waals surface area contributed by atoms with E-state index in [-0.39, 0.29) is 5.92 Å². The molecule has 0 fully saturated rings. The van der Waals surface area contributed by atoms with Crippen LogP contribution in [0.1, 0.15) is 24.2 Å². The number of anilines is 1. The smallest absolute Gasteiger partial charge is 0.257 e. The van der Waals surface area contributed by atoms with Gasteiger partial charge >= 0.3 is 0 Å². The third kappa shape index (κ3) is 4.76. The van der Waals surface area contributed by atoms with Crippen molar-refractivity contribution in [2.24, 2.45) is 5.92 Å². The van der Waals surface area contributed by atoms with Gasteiger partial charge in [0.2, 0.25) is 5.91 Å². The van der Waals surface area contributed by atoms with E-state index in [0.717, 1.165) is 18.2 Å². The van der Waals surface area contributed by atoms with Crippen molar-refractivity contribution < 1.29 is 27.8 Å². The first-order valence-corrected chi connectivity index (χ1v) is 8.56. The monoisotopic (exact) mass is 392 g/mol. The van der Waals surface area contributed by atoms with Gasteiger partial charge in [-0.15, -0.1) is 0 Å². The molecule has 28 heavy (non-hydrogen) atoms. The minimum Gasteiger partial charge on any atom is -0.493 e. The van der Waals surface area contributed by atoms with E-state index in [1.54, 1.807) is 32.0 Å². The first-order chi connectivity index (χ1) is 13.3. The number of nitrogens with one attached hydrogen (secondary N) is 2. The van der Waals surface area contributed by atoms with Crippen LogP contribution in [0.2, 0.25) is 0 Å².